The van der Waals surface area contributed by atoms with Crippen molar-refractivity contribution in [3.05, 3.63) is 10.6 Å². The van der Waals surface area contributed by atoms with E-state index in [0.717, 1.165) is 11.3 Å². The second kappa shape index (κ2) is 5.69. The number of alkyl halides is 3. The first-order valence-electron chi connectivity index (χ1n) is 5.48. The van der Waals surface area contributed by atoms with E-state index in [1.54, 1.807) is 7.05 Å². The fraction of sp³-hybridized carbons (Fsp3) is 0.636. The molecule has 0 radical (unpaired) electrons. The van der Waals surface area contributed by atoms with Gasteiger partial charge >= 0.3 is 6.18 Å². The molecule has 1 aromatic heterocycles. The molecule has 0 aliphatic carbocycles. The van der Waals surface area contributed by atoms with E-state index in [9.17, 15) is 18.0 Å². The molecule has 0 N–H and O–H groups in total. The quantitative estimate of drug-likeness (QED) is 0.774. The summed E-state index contributed by atoms with van der Waals surface area (Å²) in [6.45, 7) is 3.62. The summed E-state index contributed by atoms with van der Waals surface area (Å²) < 4.78 is 36.3. The van der Waals surface area contributed by atoms with Crippen LogP contribution in [0.5, 0.6) is 0 Å². The molecule has 0 atom stereocenters. The summed E-state index contributed by atoms with van der Waals surface area (Å²) in [4.78, 5) is 17.0. The Morgan fingerprint density at radius 3 is 2.44 bits per heavy atom. The first-order chi connectivity index (χ1) is 8.24. The van der Waals surface area contributed by atoms with Crippen LogP contribution in [0.4, 0.5) is 18.3 Å². The topological polar surface area (TPSA) is 33.2 Å². The average molecular weight is 280 g/mol. The molecule has 1 aromatic rings. The molecule has 0 bridgehead atoms. The summed E-state index contributed by atoms with van der Waals surface area (Å²) in [6, 6.07) is 0. The number of halogens is 3. The predicted molar refractivity (Wildman–Crippen MR) is 65.5 cm³/mol. The number of carbonyl (C=O) groups is 1. The highest BCUT2D eigenvalue weighted by atomic mass is 32.1. The molecule has 1 rings (SSSR count). The van der Waals surface area contributed by atoms with Crippen LogP contribution in [0.3, 0.4) is 0 Å². The standard InChI is InChI=1S/C11H15F3N2OS/c1-7(2)9-8(6-17)18-10(15-9)16(3)5-4-11(12,13)14/h6-7H,4-5H2,1-3H3. The number of thiazole rings is 1. The molecule has 3 nitrogen and oxygen atoms in total. The predicted octanol–water partition coefficient (Wildman–Crippen LogP) is 3.47. The smallest absolute Gasteiger partial charge is 0.351 e. The summed E-state index contributed by atoms with van der Waals surface area (Å²) in [5.41, 5.74) is 0.642. The van der Waals surface area contributed by atoms with Crippen LogP contribution in [0.1, 0.15) is 41.6 Å². The molecule has 1 heterocycles. The van der Waals surface area contributed by atoms with E-state index in [1.807, 2.05) is 13.8 Å². The number of nitrogens with zero attached hydrogens (tertiary/aromatic N) is 2. The summed E-state index contributed by atoms with van der Waals surface area (Å²) in [7, 11) is 1.54. The number of hydrogen-bond donors (Lipinski definition) is 0. The lowest BCUT2D eigenvalue weighted by molar-refractivity contribution is -0.132. The maximum Gasteiger partial charge on any atom is 0.390 e. The Morgan fingerprint density at radius 1 is 1.44 bits per heavy atom. The minimum absolute atomic E-state index is 0.0752. The zero-order chi connectivity index (χ0) is 13.9. The highest BCUT2D eigenvalue weighted by molar-refractivity contribution is 7.17. The molecule has 0 saturated heterocycles. The minimum atomic E-state index is -4.18. The Kier molecular flexibility index (Phi) is 4.72. The van der Waals surface area contributed by atoms with Gasteiger partial charge in [0.15, 0.2) is 11.4 Å². The number of anilines is 1. The highest BCUT2D eigenvalue weighted by Crippen LogP contribution is 2.30. The lowest BCUT2D eigenvalue weighted by Gasteiger charge is -2.16. The van der Waals surface area contributed by atoms with Crippen molar-refractivity contribution in [2.24, 2.45) is 0 Å². The van der Waals surface area contributed by atoms with E-state index in [-0.39, 0.29) is 12.5 Å². The van der Waals surface area contributed by atoms with Crippen molar-refractivity contribution < 1.29 is 18.0 Å². The van der Waals surface area contributed by atoms with Crippen LogP contribution in [0.15, 0.2) is 0 Å². The number of rotatable bonds is 5. The van der Waals surface area contributed by atoms with Gasteiger partial charge in [0, 0.05) is 13.6 Å². The van der Waals surface area contributed by atoms with Gasteiger partial charge in [-0.3, -0.25) is 4.79 Å². The molecule has 0 aromatic carbocycles. The molecule has 0 spiro atoms. The number of hydrogen-bond acceptors (Lipinski definition) is 4. The molecule has 0 amide bonds. The third-order valence-corrected chi connectivity index (χ3v) is 3.49. The van der Waals surface area contributed by atoms with Gasteiger partial charge in [-0.05, 0) is 5.92 Å². The van der Waals surface area contributed by atoms with Gasteiger partial charge in [-0.25, -0.2) is 4.98 Å². The molecular formula is C11H15F3N2OS. The van der Waals surface area contributed by atoms with Crippen molar-refractivity contribution in [2.45, 2.75) is 32.4 Å². The molecule has 7 heteroatoms. The van der Waals surface area contributed by atoms with E-state index >= 15 is 0 Å². The molecule has 18 heavy (non-hydrogen) atoms. The van der Waals surface area contributed by atoms with Crippen molar-refractivity contribution >= 4 is 22.8 Å². The van der Waals surface area contributed by atoms with Crippen molar-refractivity contribution in [1.29, 1.82) is 0 Å². The van der Waals surface area contributed by atoms with Crippen LogP contribution in [0, 0.1) is 0 Å². The van der Waals surface area contributed by atoms with Gasteiger partial charge < -0.3 is 4.90 Å². The average Bonchev–Trinajstić information content (AvgIpc) is 2.68. The van der Waals surface area contributed by atoms with E-state index < -0.39 is 12.6 Å². The van der Waals surface area contributed by atoms with E-state index in [4.69, 9.17) is 0 Å². The number of carbonyl (C=O) groups excluding carboxylic acids is 1. The second-order valence-corrected chi connectivity index (χ2v) is 5.31. The summed E-state index contributed by atoms with van der Waals surface area (Å²) in [6.07, 6.45) is -4.37. The molecule has 0 aliphatic heterocycles. The lowest BCUT2D eigenvalue weighted by atomic mass is 10.1. The van der Waals surface area contributed by atoms with Gasteiger partial charge in [-0.1, -0.05) is 25.2 Å². The molecule has 0 aliphatic rings. The minimum Gasteiger partial charge on any atom is -0.351 e. The second-order valence-electron chi connectivity index (χ2n) is 4.31. The maximum absolute atomic E-state index is 12.1. The highest BCUT2D eigenvalue weighted by Gasteiger charge is 2.28. The van der Waals surface area contributed by atoms with Gasteiger partial charge in [0.2, 0.25) is 0 Å². The Bertz CT molecular complexity index is 415. The largest absolute Gasteiger partial charge is 0.390 e. The van der Waals surface area contributed by atoms with Gasteiger partial charge in [0.1, 0.15) is 0 Å². The normalized spacial score (nSPS) is 11.9. The zero-order valence-corrected chi connectivity index (χ0v) is 11.2. The molecule has 102 valence electrons. The Hall–Kier alpha value is -1.11. The lowest BCUT2D eigenvalue weighted by Crippen LogP contribution is -2.23. The zero-order valence-electron chi connectivity index (χ0n) is 10.4. The number of aromatic nitrogens is 1. The van der Waals surface area contributed by atoms with Crippen LogP contribution in [0.2, 0.25) is 0 Å². The van der Waals surface area contributed by atoms with Crippen LogP contribution in [-0.4, -0.2) is 31.0 Å². The van der Waals surface area contributed by atoms with Gasteiger partial charge in [0.05, 0.1) is 17.0 Å². The van der Waals surface area contributed by atoms with Crippen LogP contribution in [-0.2, 0) is 0 Å². The van der Waals surface area contributed by atoms with Crippen molar-refractivity contribution in [3.8, 4) is 0 Å². The van der Waals surface area contributed by atoms with Crippen molar-refractivity contribution in [2.75, 3.05) is 18.5 Å². The van der Waals surface area contributed by atoms with Crippen LogP contribution < -0.4 is 4.90 Å². The monoisotopic (exact) mass is 280 g/mol. The van der Waals surface area contributed by atoms with Gasteiger partial charge in [-0.15, -0.1) is 0 Å². The van der Waals surface area contributed by atoms with Crippen molar-refractivity contribution in [3.63, 3.8) is 0 Å². The Balaban J connectivity index is 2.80. The fourth-order valence-corrected chi connectivity index (χ4v) is 2.40. The van der Waals surface area contributed by atoms with E-state index in [1.165, 1.54) is 4.90 Å². The molecular weight excluding hydrogens is 265 g/mol. The third kappa shape index (κ3) is 3.97. The Morgan fingerprint density at radius 2 is 2.06 bits per heavy atom. The van der Waals surface area contributed by atoms with Crippen LogP contribution in [0.25, 0.3) is 0 Å². The summed E-state index contributed by atoms with van der Waals surface area (Å²) in [5, 5.41) is 0.449. The first-order valence-corrected chi connectivity index (χ1v) is 6.30. The summed E-state index contributed by atoms with van der Waals surface area (Å²) >= 11 is 1.13. The van der Waals surface area contributed by atoms with Gasteiger partial charge in [0.25, 0.3) is 0 Å². The van der Waals surface area contributed by atoms with Crippen molar-refractivity contribution in [1.82, 2.24) is 4.98 Å². The first kappa shape index (κ1) is 14.9. The number of aldehydes is 1. The summed E-state index contributed by atoms with van der Waals surface area (Å²) in [5.74, 6) is 0.0752. The van der Waals surface area contributed by atoms with Gasteiger partial charge in [-0.2, -0.15) is 13.2 Å². The SMILES string of the molecule is CC(C)c1nc(N(C)CCC(F)(F)F)sc1C=O. The van der Waals surface area contributed by atoms with E-state index in [2.05, 4.69) is 4.98 Å². The fourth-order valence-electron chi connectivity index (χ4n) is 1.38. The Labute approximate surface area is 108 Å². The maximum atomic E-state index is 12.1. The van der Waals surface area contributed by atoms with Crippen LogP contribution >= 0.6 is 11.3 Å². The molecule has 0 saturated carbocycles. The molecule has 0 unspecified atom stereocenters. The molecule has 0 fully saturated rings. The third-order valence-electron chi connectivity index (χ3n) is 2.38. The van der Waals surface area contributed by atoms with E-state index in [0.29, 0.717) is 22.0 Å².